The van der Waals surface area contributed by atoms with E-state index >= 15 is 0 Å². The molecule has 0 radical (unpaired) electrons. The summed E-state index contributed by atoms with van der Waals surface area (Å²) in [5.74, 6) is 2.02. The van der Waals surface area contributed by atoms with E-state index in [4.69, 9.17) is 24.4 Å². The molecule has 1 aromatic carbocycles. The second-order valence-corrected chi connectivity index (χ2v) is 7.42. The van der Waals surface area contributed by atoms with E-state index in [2.05, 4.69) is 15.9 Å². The molecule has 8 nitrogen and oxygen atoms in total. The molecular weight excluding hydrogens is 376 g/mol. The Morgan fingerprint density at radius 2 is 1.46 bits per heavy atom. The minimum Gasteiger partial charge on any atom is -0.378 e. The van der Waals surface area contributed by atoms with Gasteiger partial charge in [-0.05, 0) is 11.6 Å². The second-order valence-electron chi connectivity index (χ2n) is 6.47. The van der Waals surface area contributed by atoms with Gasteiger partial charge < -0.3 is 19.3 Å². The van der Waals surface area contributed by atoms with Gasteiger partial charge in [0.1, 0.15) is 0 Å². The number of ether oxygens (including phenoxy) is 2. The molecule has 2 saturated heterocycles. The van der Waals surface area contributed by atoms with E-state index < -0.39 is 0 Å². The van der Waals surface area contributed by atoms with E-state index in [1.807, 2.05) is 24.3 Å². The molecule has 0 unspecified atom stereocenters. The van der Waals surface area contributed by atoms with Crippen LogP contribution in [0.15, 0.2) is 29.4 Å². The number of nitriles is 1. The van der Waals surface area contributed by atoms with Gasteiger partial charge in [0.15, 0.2) is 5.16 Å². The Morgan fingerprint density at radius 1 is 0.893 bits per heavy atom. The highest BCUT2D eigenvalue weighted by atomic mass is 32.2. The molecule has 4 rings (SSSR count). The van der Waals surface area contributed by atoms with Gasteiger partial charge in [0.25, 0.3) is 0 Å². The monoisotopic (exact) mass is 398 g/mol. The summed E-state index contributed by atoms with van der Waals surface area (Å²) in [5.41, 5.74) is 1.67. The third kappa shape index (κ3) is 4.52. The van der Waals surface area contributed by atoms with Crippen molar-refractivity contribution in [2.75, 3.05) is 62.4 Å². The van der Waals surface area contributed by atoms with Crippen LogP contribution < -0.4 is 9.80 Å². The lowest BCUT2D eigenvalue weighted by Crippen LogP contribution is -2.40. The fraction of sp³-hybridized carbons (Fsp3) is 0.474. The van der Waals surface area contributed by atoms with E-state index in [1.165, 1.54) is 11.8 Å². The highest BCUT2D eigenvalue weighted by molar-refractivity contribution is 7.98. The van der Waals surface area contributed by atoms with Crippen LogP contribution in [0.2, 0.25) is 0 Å². The summed E-state index contributed by atoms with van der Waals surface area (Å²) in [6.45, 7) is 5.80. The van der Waals surface area contributed by atoms with Gasteiger partial charge in [-0.1, -0.05) is 30.0 Å². The Labute approximate surface area is 168 Å². The largest absolute Gasteiger partial charge is 0.378 e. The number of nitrogens with zero attached hydrogens (tertiary/aromatic N) is 6. The quantitative estimate of drug-likeness (QED) is 0.698. The molecule has 2 aromatic rings. The predicted molar refractivity (Wildman–Crippen MR) is 107 cm³/mol. The van der Waals surface area contributed by atoms with Crippen LogP contribution in [-0.2, 0) is 15.2 Å². The van der Waals surface area contributed by atoms with Crippen molar-refractivity contribution in [2.45, 2.75) is 10.9 Å². The molecule has 1 aromatic heterocycles. The van der Waals surface area contributed by atoms with Crippen molar-refractivity contribution in [3.05, 3.63) is 35.4 Å². The van der Waals surface area contributed by atoms with Crippen molar-refractivity contribution in [3.8, 4) is 6.07 Å². The third-order valence-electron chi connectivity index (χ3n) is 4.67. The molecule has 3 heterocycles. The Morgan fingerprint density at radius 3 is 2.04 bits per heavy atom. The maximum Gasteiger partial charge on any atom is 0.231 e. The van der Waals surface area contributed by atoms with Crippen molar-refractivity contribution in [3.63, 3.8) is 0 Å². The van der Waals surface area contributed by atoms with Gasteiger partial charge in [0, 0.05) is 31.9 Å². The first-order chi connectivity index (χ1) is 13.8. The third-order valence-corrected chi connectivity index (χ3v) is 5.57. The molecule has 2 fully saturated rings. The maximum atomic E-state index is 9.31. The maximum absolute atomic E-state index is 9.31. The summed E-state index contributed by atoms with van der Waals surface area (Å²) in [6, 6.07) is 9.88. The predicted octanol–water partition coefficient (Wildman–Crippen LogP) is 1.71. The summed E-state index contributed by atoms with van der Waals surface area (Å²) in [6.07, 6.45) is 0. The normalized spacial score (nSPS) is 17.4. The zero-order valence-electron chi connectivity index (χ0n) is 15.6. The van der Waals surface area contributed by atoms with Gasteiger partial charge in [-0.15, -0.1) is 0 Å². The molecule has 0 spiro atoms. The number of thioether (sulfide) groups is 1. The molecular formula is C19H22N6O2S. The van der Waals surface area contributed by atoms with Gasteiger partial charge >= 0.3 is 0 Å². The van der Waals surface area contributed by atoms with Crippen LogP contribution in [-0.4, -0.2) is 67.6 Å². The number of rotatable bonds is 5. The highest BCUT2D eigenvalue weighted by Gasteiger charge is 2.21. The van der Waals surface area contributed by atoms with Crippen molar-refractivity contribution in [1.29, 1.82) is 5.26 Å². The van der Waals surface area contributed by atoms with Crippen LogP contribution in [0.4, 0.5) is 11.9 Å². The molecule has 146 valence electrons. The second kappa shape index (κ2) is 9.19. The first-order valence-corrected chi connectivity index (χ1v) is 10.3. The summed E-state index contributed by atoms with van der Waals surface area (Å²) >= 11 is 1.53. The van der Waals surface area contributed by atoms with Gasteiger partial charge in [-0.25, -0.2) is 0 Å². The zero-order chi connectivity index (χ0) is 19.2. The van der Waals surface area contributed by atoms with E-state index in [9.17, 15) is 5.26 Å². The Balaban J connectivity index is 1.58. The summed E-state index contributed by atoms with van der Waals surface area (Å²) in [4.78, 5) is 18.4. The number of hydrogen-bond acceptors (Lipinski definition) is 9. The number of aromatic nitrogens is 3. The number of anilines is 2. The van der Waals surface area contributed by atoms with Crippen molar-refractivity contribution >= 4 is 23.7 Å². The van der Waals surface area contributed by atoms with Crippen LogP contribution in [0.1, 0.15) is 11.1 Å². The Bertz CT molecular complexity index is 810. The molecule has 0 saturated carbocycles. The molecule has 2 aliphatic heterocycles. The standard InChI is InChI=1S/C19H22N6O2S/c20-13-15-3-1-2-4-16(15)14-28-19-22-17(24-5-9-26-10-6-24)21-18(23-19)25-7-11-27-12-8-25/h1-4H,5-12,14H2. The first-order valence-electron chi connectivity index (χ1n) is 9.36. The molecule has 28 heavy (non-hydrogen) atoms. The van der Waals surface area contributed by atoms with Crippen LogP contribution in [0.3, 0.4) is 0 Å². The molecule has 0 amide bonds. The summed E-state index contributed by atoms with van der Waals surface area (Å²) in [7, 11) is 0. The van der Waals surface area contributed by atoms with Gasteiger partial charge in [-0.3, -0.25) is 0 Å². The first kappa shape index (κ1) is 18.9. The average molecular weight is 398 g/mol. The van der Waals surface area contributed by atoms with Crippen LogP contribution in [0.25, 0.3) is 0 Å². The van der Waals surface area contributed by atoms with Gasteiger partial charge in [-0.2, -0.15) is 20.2 Å². The average Bonchev–Trinajstić information content (AvgIpc) is 2.79. The zero-order valence-corrected chi connectivity index (χ0v) is 16.4. The van der Waals surface area contributed by atoms with Gasteiger partial charge in [0.05, 0.1) is 38.1 Å². The molecule has 0 N–H and O–H groups in total. The fourth-order valence-corrected chi connectivity index (χ4v) is 3.94. The minimum absolute atomic E-state index is 0.638. The molecule has 0 atom stereocenters. The van der Waals surface area contributed by atoms with E-state index in [-0.39, 0.29) is 0 Å². The van der Waals surface area contributed by atoms with E-state index in [0.29, 0.717) is 54.8 Å². The summed E-state index contributed by atoms with van der Waals surface area (Å²) < 4.78 is 10.9. The highest BCUT2D eigenvalue weighted by Crippen LogP contribution is 2.25. The number of morpholine rings is 2. The van der Waals surface area contributed by atoms with Crippen molar-refractivity contribution < 1.29 is 9.47 Å². The fourth-order valence-electron chi connectivity index (χ4n) is 3.11. The van der Waals surface area contributed by atoms with Crippen molar-refractivity contribution in [1.82, 2.24) is 15.0 Å². The minimum atomic E-state index is 0.638. The topological polar surface area (TPSA) is 87.4 Å². The molecule has 0 bridgehead atoms. The lowest BCUT2D eigenvalue weighted by atomic mass is 10.1. The lowest BCUT2D eigenvalue weighted by Gasteiger charge is -2.30. The molecule has 2 aliphatic rings. The molecule has 9 heteroatoms. The number of hydrogen-bond donors (Lipinski definition) is 0. The van der Waals surface area contributed by atoms with E-state index in [1.54, 1.807) is 0 Å². The van der Waals surface area contributed by atoms with Gasteiger partial charge in [0.2, 0.25) is 11.9 Å². The van der Waals surface area contributed by atoms with Crippen LogP contribution in [0, 0.1) is 11.3 Å². The lowest BCUT2D eigenvalue weighted by molar-refractivity contribution is 0.121. The number of benzene rings is 1. The van der Waals surface area contributed by atoms with Crippen molar-refractivity contribution in [2.24, 2.45) is 0 Å². The summed E-state index contributed by atoms with van der Waals surface area (Å²) in [5, 5.41) is 9.98. The smallest absolute Gasteiger partial charge is 0.231 e. The SMILES string of the molecule is N#Cc1ccccc1CSc1nc(N2CCOCC2)nc(N2CCOCC2)n1. The van der Waals surface area contributed by atoms with Crippen LogP contribution in [0.5, 0.6) is 0 Å². The molecule has 0 aliphatic carbocycles. The van der Waals surface area contributed by atoms with Crippen LogP contribution >= 0.6 is 11.8 Å². The Hall–Kier alpha value is -2.41. The van der Waals surface area contributed by atoms with E-state index in [0.717, 1.165) is 31.7 Å². The Kier molecular flexibility index (Phi) is 6.21.